The van der Waals surface area contributed by atoms with Gasteiger partial charge < -0.3 is 9.72 Å². The Balaban J connectivity index is 2.03. The molecule has 1 aliphatic heterocycles. The molecule has 20 heavy (non-hydrogen) atoms. The molecule has 1 fully saturated rings. The van der Waals surface area contributed by atoms with Crippen molar-refractivity contribution >= 4 is 11.8 Å². The van der Waals surface area contributed by atoms with Crippen LogP contribution in [0.2, 0.25) is 0 Å². The van der Waals surface area contributed by atoms with E-state index in [-0.39, 0.29) is 11.2 Å². The Morgan fingerprint density at radius 1 is 1.25 bits per heavy atom. The molecule has 1 aliphatic carbocycles. The zero-order valence-corrected chi connectivity index (χ0v) is 12.9. The second-order valence-corrected chi connectivity index (χ2v) is 6.66. The Morgan fingerprint density at radius 2 is 2.00 bits per heavy atom. The summed E-state index contributed by atoms with van der Waals surface area (Å²) < 4.78 is 6.11. The van der Waals surface area contributed by atoms with Crippen molar-refractivity contribution in [1.29, 1.82) is 0 Å². The van der Waals surface area contributed by atoms with E-state index in [2.05, 4.69) is 4.98 Å². The number of H-pyrrole nitrogens is 1. The van der Waals surface area contributed by atoms with Gasteiger partial charge in [0, 0.05) is 23.7 Å². The van der Waals surface area contributed by atoms with E-state index in [0.29, 0.717) is 6.61 Å². The van der Waals surface area contributed by atoms with Crippen LogP contribution in [0.4, 0.5) is 0 Å². The molecule has 2 heterocycles. The quantitative estimate of drug-likeness (QED) is 0.870. The third-order valence-electron chi connectivity index (χ3n) is 4.35. The molecule has 0 saturated heterocycles. The average Bonchev–Trinajstić information content (AvgIpc) is 2.79. The van der Waals surface area contributed by atoms with Gasteiger partial charge in [-0.1, -0.05) is 25.7 Å². The normalized spacial score (nSPS) is 21.4. The van der Waals surface area contributed by atoms with Crippen LogP contribution >= 0.6 is 11.8 Å². The van der Waals surface area contributed by atoms with Gasteiger partial charge in [-0.25, -0.2) is 4.98 Å². The Hall–Kier alpha value is -0.810. The van der Waals surface area contributed by atoms with E-state index in [0.717, 1.165) is 54.3 Å². The SMILES string of the molecule is CCOC1(c2nc3c(c(=O)[nH]2)CSC3)CCCCCC1. The van der Waals surface area contributed by atoms with Crippen LogP contribution in [-0.4, -0.2) is 16.6 Å². The van der Waals surface area contributed by atoms with Crippen molar-refractivity contribution in [2.45, 2.75) is 62.6 Å². The smallest absolute Gasteiger partial charge is 0.255 e. The van der Waals surface area contributed by atoms with E-state index in [4.69, 9.17) is 9.72 Å². The molecule has 5 heteroatoms. The maximum Gasteiger partial charge on any atom is 0.255 e. The fourth-order valence-electron chi connectivity index (χ4n) is 3.30. The highest BCUT2D eigenvalue weighted by Crippen LogP contribution is 2.38. The summed E-state index contributed by atoms with van der Waals surface area (Å²) in [6.45, 7) is 2.68. The highest BCUT2D eigenvalue weighted by atomic mass is 32.2. The van der Waals surface area contributed by atoms with Crippen molar-refractivity contribution < 1.29 is 4.74 Å². The van der Waals surface area contributed by atoms with E-state index >= 15 is 0 Å². The molecule has 0 bridgehead atoms. The first-order valence-corrected chi connectivity index (χ1v) is 8.75. The number of ether oxygens (including phenoxy) is 1. The number of thioether (sulfide) groups is 1. The van der Waals surface area contributed by atoms with Crippen LogP contribution in [0.25, 0.3) is 0 Å². The van der Waals surface area contributed by atoms with Gasteiger partial charge in [0.1, 0.15) is 11.4 Å². The number of hydrogen-bond acceptors (Lipinski definition) is 4. The summed E-state index contributed by atoms with van der Waals surface area (Å²) in [5, 5.41) is 0. The molecule has 1 aromatic heterocycles. The summed E-state index contributed by atoms with van der Waals surface area (Å²) in [4.78, 5) is 20.0. The molecule has 0 amide bonds. The minimum Gasteiger partial charge on any atom is -0.367 e. The molecule has 0 aromatic carbocycles. The average molecular weight is 294 g/mol. The molecule has 110 valence electrons. The van der Waals surface area contributed by atoms with Crippen LogP contribution in [0.1, 0.15) is 62.5 Å². The lowest BCUT2D eigenvalue weighted by molar-refractivity contribution is -0.0627. The molecule has 1 N–H and O–H groups in total. The standard InChI is InChI=1S/C15H22N2O2S/c1-2-19-15(7-5-3-4-6-8-15)14-16-12-10-20-9-11(12)13(18)17-14/h2-10H2,1H3,(H,16,17,18). The van der Waals surface area contributed by atoms with Gasteiger partial charge in [0.2, 0.25) is 0 Å². The van der Waals surface area contributed by atoms with Crippen molar-refractivity contribution in [3.05, 3.63) is 27.4 Å². The summed E-state index contributed by atoms with van der Waals surface area (Å²) in [6, 6.07) is 0. The van der Waals surface area contributed by atoms with Crippen LogP contribution in [0.3, 0.4) is 0 Å². The lowest BCUT2D eigenvalue weighted by atomic mass is 9.92. The summed E-state index contributed by atoms with van der Waals surface area (Å²) in [5.41, 5.74) is 1.50. The Kier molecular flexibility index (Phi) is 4.17. The van der Waals surface area contributed by atoms with Crippen molar-refractivity contribution in [2.75, 3.05) is 6.61 Å². The predicted octanol–water partition coefficient (Wildman–Crippen LogP) is 3.10. The maximum absolute atomic E-state index is 12.2. The minimum absolute atomic E-state index is 0.0401. The van der Waals surface area contributed by atoms with Gasteiger partial charge in [-0.3, -0.25) is 4.79 Å². The lowest BCUT2D eigenvalue weighted by Gasteiger charge is -2.31. The monoisotopic (exact) mass is 294 g/mol. The number of rotatable bonds is 3. The van der Waals surface area contributed by atoms with Crippen molar-refractivity contribution in [2.24, 2.45) is 0 Å². The topological polar surface area (TPSA) is 55.0 Å². The third kappa shape index (κ3) is 2.53. The van der Waals surface area contributed by atoms with Crippen LogP contribution in [-0.2, 0) is 21.8 Å². The van der Waals surface area contributed by atoms with Gasteiger partial charge in [0.05, 0.1) is 5.69 Å². The second-order valence-electron chi connectivity index (χ2n) is 5.67. The molecular weight excluding hydrogens is 272 g/mol. The van der Waals surface area contributed by atoms with Crippen LogP contribution < -0.4 is 5.56 Å². The lowest BCUT2D eigenvalue weighted by Crippen LogP contribution is -2.35. The van der Waals surface area contributed by atoms with Gasteiger partial charge in [-0.05, 0) is 19.8 Å². The predicted molar refractivity (Wildman–Crippen MR) is 80.9 cm³/mol. The van der Waals surface area contributed by atoms with Crippen LogP contribution in [0.5, 0.6) is 0 Å². The van der Waals surface area contributed by atoms with E-state index in [9.17, 15) is 4.79 Å². The molecule has 0 radical (unpaired) electrons. The van der Waals surface area contributed by atoms with Crippen molar-refractivity contribution in [3.8, 4) is 0 Å². The highest BCUT2D eigenvalue weighted by Gasteiger charge is 2.37. The molecular formula is C15H22N2O2S. The number of aromatic nitrogens is 2. The molecule has 0 unspecified atom stereocenters. The first-order valence-electron chi connectivity index (χ1n) is 7.59. The van der Waals surface area contributed by atoms with Crippen molar-refractivity contribution in [1.82, 2.24) is 9.97 Å². The Labute approximate surface area is 123 Å². The van der Waals surface area contributed by atoms with Crippen molar-refractivity contribution in [3.63, 3.8) is 0 Å². The van der Waals surface area contributed by atoms with E-state index in [1.54, 1.807) is 11.8 Å². The molecule has 1 saturated carbocycles. The highest BCUT2D eigenvalue weighted by molar-refractivity contribution is 7.98. The molecule has 1 aromatic rings. The molecule has 2 aliphatic rings. The van der Waals surface area contributed by atoms with Gasteiger partial charge in [-0.2, -0.15) is 11.8 Å². The number of hydrogen-bond donors (Lipinski definition) is 1. The van der Waals surface area contributed by atoms with E-state index in [1.165, 1.54) is 12.8 Å². The molecule has 3 rings (SSSR count). The Morgan fingerprint density at radius 3 is 2.70 bits per heavy atom. The van der Waals surface area contributed by atoms with E-state index in [1.807, 2.05) is 6.92 Å². The fourth-order valence-corrected chi connectivity index (χ4v) is 4.34. The maximum atomic E-state index is 12.2. The van der Waals surface area contributed by atoms with Crippen LogP contribution in [0, 0.1) is 0 Å². The molecule has 0 atom stereocenters. The number of fused-ring (bicyclic) bond motifs is 1. The van der Waals surface area contributed by atoms with Gasteiger partial charge in [0.25, 0.3) is 5.56 Å². The minimum atomic E-state index is -0.368. The summed E-state index contributed by atoms with van der Waals surface area (Å²) >= 11 is 1.77. The molecule has 0 spiro atoms. The number of aromatic amines is 1. The van der Waals surface area contributed by atoms with Gasteiger partial charge >= 0.3 is 0 Å². The number of nitrogens with zero attached hydrogens (tertiary/aromatic N) is 1. The second kappa shape index (κ2) is 5.90. The summed E-state index contributed by atoms with van der Waals surface area (Å²) in [6.07, 6.45) is 6.73. The molecule has 4 nitrogen and oxygen atoms in total. The summed E-state index contributed by atoms with van der Waals surface area (Å²) in [5.74, 6) is 2.42. The first kappa shape index (κ1) is 14.1. The zero-order valence-electron chi connectivity index (χ0n) is 12.0. The fraction of sp³-hybridized carbons (Fsp3) is 0.733. The van der Waals surface area contributed by atoms with Crippen LogP contribution in [0.15, 0.2) is 4.79 Å². The third-order valence-corrected chi connectivity index (χ3v) is 5.32. The summed E-state index contributed by atoms with van der Waals surface area (Å²) in [7, 11) is 0. The number of nitrogens with one attached hydrogen (secondary N) is 1. The largest absolute Gasteiger partial charge is 0.367 e. The van der Waals surface area contributed by atoms with Gasteiger partial charge in [-0.15, -0.1) is 0 Å². The Bertz CT molecular complexity index is 533. The van der Waals surface area contributed by atoms with E-state index < -0.39 is 0 Å². The first-order chi connectivity index (χ1) is 9.75. The zero-order chi connectivity index (χ0) is 14.0. The van der Waals surface area contributed by atoms with Gasteiger partial charge in [0.15, 0.2) is 0 Å².